The van der Waals surface area contributed by atoms with Gasteiger partial charge in [-0.25, -0.2) is 19.4 Å². The molecule has 0 unspecified atom stereocenters. The molecule has 8 nitrogen and oxygen atoms in total. The molecule has 0 aliphatic carbocycles. The predicted octanol–water partition coefficient (Wildman–Crippen LogP) is 1.74. The molecule has 0 radical (unpaired) electrons. The van der Waals surface area contributed by atoms with Crippen LogP contribution < -0.4 is 0 Å². The van der Waals surface area contributed by atoms with E-state index < -0.39 is 17.9 Å². The van der Waals surface area contributed by atoms with Gasteiger partial charge < -0.3 is 19.0 Å². The van der Waals surface area contributed by atoms with E-state index in [4.69, 9.17) is 14.2 Å². The molecule has 0 fully saturated rings. The molecule has 0 aliphatic heterocycles. The highest BCUT2D eigenvalue weighted by Gasteiger charge is 2.26. The molecule has 0 aliphatic rings. The number of carbonyl (C=O) groups is 4. The average molecular weight is 351 g/mol. The van der Waals surface area contributed by atoms with Crippen LogP contribution in [-0.4, -0.2) is 49.0 Å². The summed E-state index contributed by atoms with van der Waals surface area (Å²) in [6, 6.07) is 1.33. The molecule has 0 aromatic carbocycles. The van der Waals surface area contributed by atoms with Crippen molar-refractivity contribution in [3.63, 3.8) is 0 Å². The molecule has 0 atom stereocenters. The third-order valence-corrected chi connectivity index (χ3v) is 3.07. The normalized spacial score (nSPS) is 10.0. The van der Waals surface area contributed by atoms with Crippen molar-refractivity contribution in [2.24, 2.45) is 0 Å². The van der Waals surface area contributed by atoms with Crippen molar-refractivity contribution in [1.29, 1.82) is 0 Å². The minimum atomic E-state index is -0.849. The number of hydrogen-bond acceptors (Lipinski definition) is 8. The Hall–Kier alpha value is -2.77. The third-order valence-electron chi connectivity index (χ3n) is 3.07. The van der Waals surface area contributed by atoms with E-state index in [2.05, 4.69) is 4.98 Å². The van der Waals surface area contributed by atoms with E-state index >= 15 is 0 Å². The van der Waals surface area contributed by atoms with Gasteiger partial charge in [0.05, 0.1) is 25.4 Å². The molecular weight excluding hydrogens is 330 g/mol. The highest BCUT2D eigenvalue weighted by molar-refractivity contribution is 6.03. The zero-order chi connectivity index (χ0) is 18.8. The van der Waals surface area contributed by atoms with Gasteiger partial charge in [0.15, 0.2) is 11.4 Å². The Morgan fingerprint density at radius 2 is 1.44 bits per heavy atom. The Morgan fingerprint density at radius 1 is 0.920 bits per heavy atom. The van der Waals surface area contributed by atoms with E-state index in [0.717, 1.165) is 0 Å². The number of rotatable bonds is 9. The summed E-state index contributed by atoms with van der Waals surface area (Å²) >= 11 is 0. The molecule has 0 N–H and O–H groups in total. The van der Waals surface area contributed by atoms with Gasteiger partial charge in [0.1, 0.15) is 6.29 Å². The van der Waals surface area contributed by atoms with Gasteiger partial charge in [-0.3, -0.25) is 0 Å². The van der Waals surface area contributed by atoms with Crippen LogP contribution in [0, 0.1) is 0 Å². The number of aryl methyl sites for hydroxylation is 1. The first-order valence-electron chi connectivity index (χ1n) is 7.98. The van der Waals surface area contributed by atoms with Crippen LogP contribution in [0.5, 0.6) is 0 Å². The van der Waals surface area contributed by atoms with Crippen molar-refractivity contribution < 1.29 is 33.4 Å². The Bertz CT molecular complexity index is 655. The molecule has 0 spiro atoms. The lowest BCUT2D eigenvalue weighted by Gasteiger charge is -2.13. The van der Waals surface area contributed by atoms with Gasteiger partial charge in [-0.15, -0.1) is 0 Å². The molecule has 8 heteroatoms. The number of pyridine rings is 1. The van der Waals surface area contributed by atoms with Crippen molar-refractivity contribution in [2.45, 2.75) is 33.6 Å². The van der Waals surface area contributed by atoms with Crippen LogP contribution in [0.1, 0.15) is 64.1 Å². The van der Waals surface area contributed by atoms with E-state index in [-0.39, 0.29) is 49.6 Å². The van der Waals surface area contributed by atoms with Gasteiger partial charge in [0, 0.05) is 6.42 Å². The lowest BCUT2D eigenvalue weighted by Crippen LogP contribution is -2.21. The third kappa shape index (κ3) is 5.37. The summed E-state index contributed by atoms with van der Waals surface area (Å²) in [7, 11) is 0. The quantitative estimate of drug-likeness (QED) is 0.376. The van der Waals surface area contributed by atoms with Gasteiger partial charge in [-0.05, 0) is 38.8 Å². The van der Waals surface area contributed by atoms with E-state index in [1.54, 1.807) is 20.8 Å². The second kappa shape index (κ2) is 10.2. The highest BCUT2D eigenvalue weighted by Crippen LogP contribution is 2.19. The smallest absolute Gasteiger partial charge is 0.357 e. The van der Waals surface area contributed by atoms with Crippen molar-refractivity contribution >= 4 is 24.2 Å². The van der Waals surface area contributed by atoms with Gasteiger partial charge in [0.2, 0.25) is 0 Å². The van der Waals surface area contributed by atoms with Crippen molar-refractivity contribution in [2.75, 3.05) is 19.8 Å². The Morgan fingerprint density at radius 3 is 1.96 bits per heavy atom. The molecule has 1 heterocycles. The summed E-state index contributed by atoms with van der Waals surface area (Å²) in [6.45, 7) is 5.14. The van der Waals surface area contributed by atoms with Crippen molar-refractivity contribution in [3.8, 4) is 0 Å². The van der Waals surface area contributed by atoms with Gasteiger partial charge in [-0.1, -0.05) is 0 Å². The van der Waals surface area contributed by atoms with Crippen LogP contribution in [0.2, 0.25) is 0 Å². The predicted molar refractivity (Wildman–Crippen MR) is 86.5 cm³/mol. The average Bonchev–Trinajstić information content (AvgIpc) is 2.59. The number of nitrogens with zero attached hydrogens (tertiary/aromatic N) is 1. The number of esters is 3. The van der Waals surface area contributed by atoms with Crippen molar-refractivity contribution in [1.82, 2.24) is 4.98 Å². The summed E-state index contributed by atoms with van der Waals surface area (Å²) < 4.78 is 14.8. The van der Waals surface area contributed by atoms with Crippen LogP contribution >= 0.6 is 0 Å². The molecule has 0 amide bonds. The summed E-state index contributed by atoms with van der Waals surface area (Å²) in [5, 5.41) is 0. The van der Waals surface area contributed by atoms with Crippen molar-refractivity contribution in [3.05, 3.63) is 28.6 Å². The fraction of sp³-hybridized carbons (Fsp3) is 0.471. The van der Waals surface area contributed by atoms with E-state index in [1.165, 1.54) is 6.07 Å². The maximum Gasteiger partial charge on any atom is 0.357 e. The lowest BCUT2D eigenvalue weighted by atomic mass is 10.0. The van der Waals surface area contributed by atoms with Gasteiger partial charge in [-0.2, -0.15) is 0 Å². The fourth-order valence-electron chi connectivity index (χ4n) is 2.06. The second-order valence-corrected chi connectivity index (χ2v) is 4.76. The number of aldehydes is 1. The molecule has 1 aromatic heterocycles. The van der Waals surface area contributed by atoms with Gasteiger partial charge in [0.25, 0.3) is 0 Å². The SMILES string of the molecule is CCOC(=O)c1cc(CCC=O)c(C(=O)OCC)nc1C(=O)OCC. The number of aromatic nitrogens is 1. The van der Waals surface area contributed by atoms with Crippen LogP contribution in [0.4, 0.5) is 0 Å². The molecule has 25 heavy (non-hydrogen) atoms. The number of ether oxygens (including phenoxy) is 3. The zero-order valence-corrected chi connectivity index (χ0v) is 14.5. The van der Waals surface area contributed by atoms with Crippen LogP contribution in [0.25, 0.3) is 0 Å². The first kappa shape index (κ1) is 20.3. The van der Waals surface area contributed by atoms with Gasteiger partial charge >= 0.3 is 17.9 Å². The van der Waals surface area contributed by atoms with E-state index in [0.29, 0.717) is 11.8 Å². The maximum atomic E-state index is 12.2. The molecule has 0 saturated heterocycles. The molecule has 1 rings (SSSR count). The standard InChI is InChI=1S/C17H21NO7/c1-4-23-15(20)12-10-11(8-7-9-19)13(16(21)24-5-2)18-14(12)17(22)25-6-3/h9-10H,4-8H2,1-3H3. The molecule has 0 saturated carbocycles. The Labute approximate surface area is 145 Å². The maximum absolute atomic E-state index is 12.2. The first-order valence-corrected chi connectivity index (χ1v) is 7.98. The molecule has 136 valence electrons. The topological polar surface area (TPSA) is 109 Å². The zero-order valence-electron chi connectivity index (χ0n) is 14.5. The number of carbonyl (C=O) groups excluding carboxylic acids is 4. The Kier molecular flexibility index (Phi) is 8.25. The monoisotopic (exact) mass is 351 g/mol. The van der Waals surface area contributed by atoms with E-state index in [9.17, 15) is 19.2 Å². The summed E-state index contributed by atoms with van der Waals surface area (Å²) in [6.07, 6.45) is 0.966. The molecule has 1 aromatic rings. The minimum Gasteiger partial charge on any atom is -0.462 e. The number of hydrogen-bond donors (Lipinski definition) is 0. The first-order chi connectivity index (χ1) is 12.0. The summed E-state index contributed by atoms with van der Waals surface area (Å²) in [5.41, 5.74) is -0.242. The second-order valence-electron chi connectivity index (χ2n) is 4.76. The van der Waals surface area contributed by atoms with E-state index in [1.807, 2.05) is 0 Å². The highest BCUT2D eigenvalue weighted by atomic mass is 16.5. The molecule has 0 bridgehead atoms. The molecular formula is C17H21NO7. The minimum absolute atomic E-state index is 0.0738. The van der Waals surface area contributed by atoms with Crippen LogP contribution in [0.15, 0.2) is 6.07 Å². The summed E-state index contributed by atoms with van der Waals surface area (Å²) in [4.78, 5) is 51.1. The lowest BCUT2D eigenvalue weighted by molar-refractivity contribution is -0.107. The fourth-order valence-corrected chi connectivity index (χ4v) is 2.06. The largest absolute Gasteiger partial charge is 0.462 e. The van der Waals surface area contributed by atoms with Crippen LogP contribution in [-0.2, 0) is 25.4 Å². The Balaban J connectivity index is 3.51. The summed E-state index contributed by atoms with van der Waals surface area (Å²) in [5.74, 6) is -2.36. The van der Waals surface area contributed by atoms with Crippen LogP contribution in [0.3, 0.4) is 0 Å².